The predicted octanol–water partition coefficient (Wildman–Crippen LogP) is 3.79. The van der Waals surface area contributed by atoms with Crippen LogP contribution in [0.4, 0.5) is 5.69 Å². The molecular weight excluding hydrogens is 542 g/mol. The van der Waals surface area contributed by atoms with E-state index in [2.05, 4.69) is 36.9 Å². The lowest BCUT2D eigenvalue weighted by molar-refractivity contribution is -0.135. The van der Waals surface area contributed by atoms with E-state index in [1.807, 2.05) is 23.1 Å². The number of fused-ring (bicyclic) bond motifs is 1. The van der Waals surface area contributed by atoms with Crippen LogP contribution in [0.1, 0.15) is 22.6 Å². The van der Waals surface area contributed by atoms with Crippen LogP contribution < -0.4 is 19.1 Å². The topological polar surface area (TPSA) is 88.6 Å². The molecule has 2 atom stereocenters. The largest absolute Gasteiger partial charge is 0.497 e. The van der Waals surface area contributed by atoms with Crippen LogP contribution in [0.15, 0.2) is 65.6 Å². The molecule has 0 aliphatic carbocycles. The maximum Gasteiger partial charge on any atom is 0.243 e. The third-order valence-electron chi connectivity index (χ3n) is 8.40. The summed E-state index contributed by atoms with van der Waals surface area (Å²) in [6, 6.07) is 18.5. The Kier molecular flexibility index (Phi) is 7.29. The molecule has 41 heavy (non-hydrogen) atoms. The Morgan fingerprint density at radius 1 is 0.902 bits per heavy atom. The van der Waals surface area contributed by atoms with Gasteiger partial charge in [0.05, 0.1) is 17.9 Å². The van der Waals surface area contributed by atoms with E-state index in [0.29, 0.717) is 30.3 Å². The lowest BCUT2D eigenvalue weighted by Gasteiger charge is -2.38. The van der Waals surface area contributed by atoms with Gasteiger partial charge < -0.3 is 24.0 Å². The summed E-state index contributed by atoms with van der Waals surface area (Å²) in [5, 5.41) is 0. The summed E-state index contributed by atoms with van der Waals surface area (Å²) in [6.45, 7) is 7.26. The van der Waals surface area contributed by atoms with E-state index >= 15 is 0 Å². The van der Waals surface area contributed by atoms with E-state index in [4.69, 9.17) is 14.2 Å². The fourth-order valence-corrected chi connectivity index (χ4v) is 7.60. The van der Waals surface area contributed by atoms with Gasteiger partial charge in [-0.25, -0.2) is 8.42 Å². The van der Waals surface area contributed by atoms with Gasteiger partial charge in [-0.1, -0.05) is 24.3 Å². The summed E-state index contributed by atoms with van der Waals surface area (Å²) in [6.07, 6.45) is 0. The number of carbonyl (C=O) groups excluding carboxylic acids is 1. The van der Waals surface area contributed by atoms with Crippen molar-refractivity contribution in [3.05, 3.63) is 77.4 Å². The van der Waals surface area contributed by atoms with E-state index < -0.39 is 15.9 Å². The van der Waals surface area contributed by atoms with Crippen molar-refractivity contribution in [2.24, 2.45) is 5.92 Å². The molecule has 9 nitrogen and oxygen atoms in total. The summed E-state index contributed by atoms with van der Waals surface area (Å²) in [4.78, 5) is 18.5. The number of methoxy groups -OCH3 is 1. The lowest BCUT2D eigenvalue weighted by atomic mass is 9.87. The highest BCUT2D eigenvalue weighted by atomic mass is 32.2. The molecule has 10 heteroatoms. The van der Waals surface area contributed by atoms with Crippen molar-refractivity contribution in [2.75, 3.05) is 58.1 Å². The first-order chi connectivity index (χ1) is 19.7. The third-order valence-corrected chi connectivity index (χ3v) is 10.2. The Hall–Kier alpha value is -3.76. The lowest BCUT2D eigenvalue weighted by Crippen LogP contribution is -2.51. The second-order valence-electron chi connectivity index (χ2n) is 10.9. The van der Waals surface area contributed by atoms with Crippen LogP contribution in [0.3, 0.4) is 0 Å². The van der Waals surface area contributed by atoms with Crippen LogP contribution >= 0.6 is 0 Å². The van der Waals surface area contributed by atoms with Crippen LogP contribution in [-0.2, 0) is 14.8 Å². The smallest absolute Gasteiger partial charge is 0.243 e. The van der Waals surface area contributed by atoms with Crippen molar-refractivity contribution >= 4 is 21.6 Å². The van der Waals surface area contributed by atoms with Gasteiger partial charge in [0, 0.05) is 56.9 Å². The Balaban J connectivity index is 1.26. The average molecular weight is 578 g/mol. The number of piperazine rings is 1. The van der Waals surface area contributed by atoms with Crippen molar-refractivity contribution in [2.45, 2.75) is 24.7 Å². The monoisotopic (exact) mass is 577 g/mol. The van der Waals surface area contributed by atoms with E-state index in [1.165, 1.54) is 34.3 Å². The van der Waals surface area contributed by atoms with Crippen molar-refractivity contribution in [3.8, 4) is 17.2 Å². The van der Waals surface area contributed by atoms with Crippen LogP contribution in [0.25, 0.3) is 0 Å². The fourth-order valence-electron chi connectivity index (χ4n) is 6.07. The van der Waals surface area contributed by atoms with Gasteiger partial charge in [0.1, 0.15) is 5.75 Å². The van der Waals surface area contributed by atoms with E-state index in [9.17, 15) is 13.2 Å². The summed E-state index contributed by atoms with van der Waals surface area (Å²) >= 11 is 0. The minimum absolute atomic E-state index is 0.0170. The molecule has 0 bridgehead atoms. The van der Waals surface area contributed by atoms with Gasteiger partial charge in [0.15, 0.2) is 11.5 Å². The molecule has 3 aromatic carbocycles. The van der Waals surface area contributed by atoms with Crippen molar-refractivity contribution in [3.63, 3.8) is 0 Å². The van der Waals surface area contributed by atoms with Gasteiger partial charge in [-0.05, 0) is 60.9 Å². The maximum atomic E-state index is 14.1. The molecule has 6 rings (SSSR count). The maximum absolute atomic E-state index is 14.1. The normalized spacial score (nSPS) is 20.9. The molecule has 0 saturated carbocycles. The van der Waals surface area contributed by atoms with Crippen LogP contribution in [0, 0.1) is 19.8 Å². The van der Waals surface area contributed by atoms with Gasteiger partial charge in [-0.3, -0.25) is 4.79 Å². The Labute approximate surface area is 241 Å². The molecule has 0 aromatic heterocycles. The van der Waals surface area contributed by atoms with E-state index in [1.54, 1.807) is 18.2 Å². The highest BCUT2D eigenvalue weighted by Gasteiger charge is 2.45. The summed E-state index contributed by atoms with van der Waals surface area (Å²) < 4.78 is 45.3. The quantitative estimate of drug-likeness (QED) is 0.441. The Bertz CT molecular complexity index is 1570. The first-order valence-corrected chi connectivity index (χ1v) is 15.3. The molecule has 0 radical (unpaired) electrons. The first kappa shape index (κ1) is 27.4. The number of hydrogen-bond acceptors (Lipinski definition) is 7. The molecule has 3 aliphatic rings. The zero-order valence-electron chi connectivity index (χ0n) is 23.6. The average Bonchev–Trinajstić information content (AvgIpc) is 3.66. The van der Waals surface area contributed by atoms with Crippen LogP contribution in [0.2, 0.25) is 0 Å². The van der Waals surface area contributed by atoms with Gasteiger partial charge >= 0.3 is 0 Å². The minimum Gasteiger partial charge on any atom is -0.497 e. The number of benzene rings is 3. The van der Waals surface area contributed by atoms with Gasteiger partial charge in [0.25, 0.3) is 0 Å². The molecule has 1 amide bonds. The van der Waals surface area contributed by atoms with Crippen molar-refractivity contribution in [1.82, 2.24) is 9.21 Å². The fraction of sp³-hybridized carbons (Fsp3) is 0.387. The summed E-state index contributed by atoms with van der Waals surface area (Å²) in [5.74, 6) is 0.865. The SMILES string of the molecule is COc1cccc(S(=O)(=O)N2C[C@@H](C(=O)N3CCN(c4cc(C)ccc4C)CC3)[C@H](c3ccc4c(c3)OCO4)C2)c1. The molecule has 2 saturated heterocycles. The zero-order valence-corrected chi connectivity index (χ0v) is 24.4. The zero-order chi connectivity index (χ0) is 28.7. The summed E-state index contributed by atoms with van der Waals surface area (Å²) in [7, 11) is -2.35. The second kappa shape index (κ2) is 10.9. The van der Waals surface area contributed by atoms with Gasteiger partial charge in [0.2, 0.25) is 22.7 Å². The van der Waals surface area contributed by atoms with Gasteiger partial charge in [-0.2, -0.15) is 4.31 Å². The molecule has 0 unspecified atom stereocenters. The second-order valence-corrected chi connectivity index (χ2v) is 12.9. The predicted molar refractivity (Wildman–Crippen MR) is 155 cm³/mol. The number of amides is 1. The number of ether oxygens (including phenoxy) is 3. The Morgan fingerprint density at radius 3 is 2.46 bits per heavy atom. The van der Waals surface area contributed by atoms with Crippen LogP contribution in [-0.4, -0.2) is 76.7 Å². The summed E-state index contributed by atoms with van der Waals surface area (Å²) in [5.41, 5.74) is 4.49. The molecule has 2 fully saturated rings. The first-order valence-electron chi connectivity index (χ1n) is 13.9. The number of sulfonamides is 1. The standard InChI is InChI=1S/C31H35N3O6S/c1-21-7-8-22(2)28(15-21)32-11-13-33(14-12-32)31(35)27-19-34(41(36,37)25-6-4-5-24(17-25)38-3)18-26(27)23-9-10-29-30(16-23)40-20-39-29/h4-10,15-17,26-27H,11-14,18-20H2,1-3H3/t26-,27+/m0/s1. The highest BCUT2D eigenvalue weighted by molar-refractivity contribution is 7.89. The number of rotatable bonds is 6. The third kappa shape index (κ3) is 5.22. The number of aryl methyl sites for hydroxylation is 2. The molecule has 3 aliphatic heterocycles. The molecule has 3 aromatic rings. The molecule has 3 heterocycles. The van der Waals surface area contributed by atoms with Gasteiger partial charge in [-0.15, -0.1) is 0 Å². The molecule has 0 N–H and O–H groups in total. The molecule has 216 valence electrons. The molecule has 0 spiro atoms. The van der Waals surface area contributed by atoms with Crippen molar-refractivity contribution < 1.29 is 27.4 Å². The minimum atomic E-state index is -3.86. The van der Waals surface area contributed by atoms with Crippen molar-refractivity contribution in [1.29, 1.82) is 0 Å². The number of nitrogens with zero attached hydrogens (tertiary/aromatic N) is 3. The van der Waals surface area contributed by atoms with E-state index in [0.717, 1.165) is 18.7 Å². The number of anilines is 1. The molecular formula is C31H35N3O6S. The van der Waals surface area contributed by atoms with Crippen LogP contribution in [0.5, 0.6) is 17.2 Å². The Morgan fingerprint density at radius 2 is 1.68 bits per heavy atom. The number of hydrogen-bond donors (Lipinski definition) is 0. The highest BCUT2D eigenvalue weighted by Crippen LogP contribution is 2.41. The van der Waals surface area contributed by atoms with E-state index in [-0.39, 0.29) is 36.6 Å². The number of carbonyl (C=O) groups is 1.